The van der Waals surface area contributed by atoms with E-state index in [2.05, 4.69) is 5.10 Å². The van der Waals surface area contributed by atoms with E-state index in [9.17, 15) is 9.50 Å². The van der Waals surface area contributed by atoms with Gasteiger partial charge in [-0.25, -0.2) is 4.39 Å². The molecular weight excluding hydrogens is 293 g/mol. The summed E-state index contributed by atoms with van der Waals surface area (Å²) in [6, 6.07) is 6.15. The minimum absolute atomic E-state index is 0.174. The lowest BCUT2D eigenvalue weighted by molar-refractivity contribution is 0.194. The summed E-state index contributed by atoms with van der Waals surface area (Å²) in [5.41, 5.74) is 7.26. The van der Waals surface area contributed by atoms with Crippen molar-refractivity contribution in [3.63, 3.8) is 0 Å². The fourth-order valence-corrected chi connectivity index (χ4v) is 2.74. The molecule has 0 saturated carbocycles. The average Bonchev–Trinajstić information content (AvgIpc) is 2.70. The third-order valence-corrected chi connectivity index (χ3v) is 4.39. The van der Waals surface area contributed by atoms with E-state index in [0.29, 0.717) is 17.0 Å². The maximum Gasteiger partial charge on any atom is 0.123 e. The highest BCUT2D eigenvalue weighted by Gasteiger charge is 2.33. The lowest BCUT2D eigenvalue weighted by atomic mass is 9.77. The number of rotatable bonds is 5. The zero-order valence-electron chi connectivity index (χ0n) is 12.1. The standard InChI is InChI=1S/C15H19ClFN3O/c1-10-14(16)13(20(2)19-10)7-15(8-18,9-21)11-4-3-5-12(17)6-11/h3-6,21H,7-9,18H2,1-2H3. The number of aryl methyl sites for hydroxylation is 2. The molecule has 114 valence electrons. The molecular formula is C15H19ClFN3O. The van der Waals surface area contributed by atoms with E-state index in [0.717, 1.165) is 11.4 Å². The molecule has 6 heteroatoms. The van der Waals surface area contributed by atoms with Gasteiger partial charge in [0.2, 0.25) is 0 Å². The molecule has 2 rings (SSSR count). The van der Waals surface area contributed by atoms with Gasteiger partial charge in [0.25, 0.3) is 0 Å². The molecule has 0 amide bonds. The van der Waals surface area contributed by atoms with Crippen molar-refractivity contribution < 1.29 is 9.50 Å². The lowest BCUT2D eigenvalue weighted by Crippen LogP contribution is -2.41. The second-order valence-corrected chi connectivity index (χ2v) is 5.68. The van der Waals surface area contributed by atoms with E-state index < -0.39 is 5.41 Å². The highest BCUT2D eigenvalue weighted by Crippen LogP contribution is 2.31. The molecule has 1 heterocycles. The van der Waals surface area contributed by atoms with E-state index in [1.807, 2.05) is 6.92 Å². The van der Waals surface area contributed by atoms with Gasteiger partial charge in [0.05, 0.1) is 23.0 Å². The molecule has 0 bridgehead atoms. The van der Waals surface area contributed by atoms with Crippen LogP contribution in [0, 0.1) is 12.7 Å². The Morgan fingerprint density at radius 2 is 2.19 bits per heavy atom. The molecule has 0 aliphatic heterocycles. The number of aromatic nitrogens is 2. The predicted molar refractivity (Wildman–Crippen MR) is 80.9 cm³/mol. The third-order valence-electron chi connectivity index (χ3n) is 3.90. The predicted octanol–water partition coefficient (Wildman–Crippen LogP) is 1.95. The molecule has 2 aromatic rings. The lowest BCUT2D eigenvalue weighted by Gasteiger charge is -2.31. The van der Waals surface area contributed by atoms with Crippen LogP contribution in [0.3, 0.4) is 0 Å². The Labute approximate surface area is 128 Å². The summed E-state index contributed by atoms with van der Waals surface area (Å²) in [5, 5.41) is 14.7. The van der Waals surface area contributed by atoms with Gasteiger partial charge in [-0.1, -0.05) is 23.7 Å². The highest BCUT2D eigenvalue weighted by molar-refractivity contribution is 6.31. The average molecular weight is 312 g/mol. The SMILES string of the molecule is Cc1nn(C)c(CC(CN)(CO)c2cccc(F)c2)c1Cl. The Hall–Kier alpha value is -1.43. The van der Waals surface area contributed by atoms with Crippen molar-refractivity contribution in [2.75, 3.05) is 13.2 Å². The molecule has 1 aromatic heterocycles. The molecule has 0 aliphatic rings. The first-order valence-corrected chi connectivity index (χ1v) is 7.06. The second-order valence-electron chi connectivity index (χ2n) is 5.30. The van der Waals surface area contributed by atoms with Crippen LogP contribution in [0.2, 0.25) is 5.02 Å². The fourth-order valence-electron chi connectivity index (χ4n) is 2.51. The van der Waals surface area contributed by atoms with Gasteiger partial charge in [0.1, 0.15) is 5.82 Å². The Kier molecular flexibility index (Phi) is 4.66. The van der Waals surface area contributed by atoms with Gasteiger partial charge in [0.15, 0.2) is 0 Å². The van der Waals surface area contributed by atoms with Crippen LogP contribution in [0.15, 0.2) is 24.3 Å². The van der Waals surface area contributed by atoms with Crippen molar-refractivity contribution >= 4 is 11.6 Å². The van der Waals surface area contributed by atoms with Crippen LogP contribution in [0.1, 0.15) is 17.0 Å². The van der Waals surface area contributed by atoms with Crippen LogP contribution >= 0.6 is 11.6 Å². The minimum atomic E-state index is -0.786. The molecule has 0 aliphatic carbocycles. The number of hydrogen-bond donors (Lipinski definition) is 2. The Bertz CT molecular complexity index is 638. The maximum absolute atomic E-state index is 13.5. The number of aliphatic hydroxyl groups is 1. The van der Waals surface area contributed by atoms with Crippen molar-refractivity contribution in [1.29, 1.82) is 0 Å². The molecule has 4 nitrogen and oxygen atoms in total. The number of nitrogens with two attached hydrogens (primary N) is 1. The summed E-state index contributed by atoms with van der Waals surface area (Å²) in [7, 11) is 1.79. The topological polar surface area (TPSA) is 64.1 Å². The van der Waals surface area contributed by atoms with Crippen LogP contribution in [-0.2, 0) is 18.9 Å². The van der Waals surface area contributed by atoms with Crippen molar-refractivity contribution in [3.05, 3.63) is 52.1 Å². The van der Waals surface area contributed by atoms with Gasteiger partial charge in [0, 0.05) is 25.4 Å². The second kappa shape index (κ2) is 6.13. The molecule has 1 atom stereocenters. The number of halogens is 2. The van der Waals surface area contributed by atoms with E-state index >= 15 is 0 Å². The minimum Gasteiger partial charge on any atom is -0.395 e. The van der Waals surface area contributed by atoms with Gasteiger partial charge in [-0.3, -0.25) is 4.68 Å². The molecule has 0 fully saturated rings. The Morgan fingerprint density at radius 3 is 2.67 bits per heavy atom. The first kappa shape index (κ1) is 15.9. The summed E-state index contributed by atoms with van der Waals surface area (Å²) in [5.74, 6) is -0.356. The zero-order chi connectivity index (χ0) is 15.6. The van der Waals surface area contributed by atoms with Crippen LogP contribution in [0.25, 0.3) is 0 Å². The first-order valence-electron chi connectivity index (χ1n) is 6.68. The summed E-state index contributed by atoms with van der Waals surface area (Å²) in [4.78, 5) is 0. The smallest absolute Gasteiger partial charge is 0.123 e. The Morgan fingerprint density at radius 1 is 1.48 bits per heavy atom. The largest absolute Gasteiger partial charge is 0.395 e. The van der Waals surface area contributed by atoms with Gasteiger partial charge >= 0.3 is 0 Å². The number of hydrogen-bond acceptors (Lipinski definition) is 3. The number of aliphatic hydroxyl groups excluding tert-OH is 1. The van der Waals surface area contributed by atoms with Crippen LogP contribution < -0.4 is 5.73 Å². The van der Waals surface area contributed by atoms with Gasteiger partial charge < -0.3 is 10.8 Å². The Balaban J connectivity index is 2.48. The molecule has 0 saturated heterocycles. The van der Waals surface area contributed by atoms with E-state index in [1.54, 1.807) is 23.9 Å². The maximum atomic E-state index is 13.5. The zero-order valence-corrected chi connectivity index (χ0v) is 12.9. The molecule has 21 heavy (non-hydrogen) atoms. The van der Waals surface area contributed by atoms with Gasteiger partial charge in [-0.2, -0.15) is 5.10 Å². The number of nitrogens with zero attached hydrogens (tertiary/aromatic N) is 2. The van der Waals surface area contributed by atoms with Crippen LogP contribution in [0.4, 0.5) is 4.39 Å². The molecule has 1 aromatic carbocycles. The van der Waals surface area contributed by atoms with E-state index in [4.69, 9.17) is 17.3 Å². The summed E-state index contributed by atoms with van der Waals surface area (Å²) in [6.45, 7) is 1.79. The third kappa shape index (κ3) is 2.95. The molecule has 0 spiro atoms. The molecule has 1 unspecified atom stereocenters. The monoisotopic (exact) mass is 311 g/mol. The van der Waals surface area contributed by atoms with Crippen LogP contribution in [0.5, 0.6) is 0 Å². The normalized spacial score (nSPS) is 14.2. The molecule has 3 N–H and O–H groups in total. The quantitative estimate of drug-likeness (QED) is 0.887. The summed E-state index contributed by atoms with van der Waals surface area (Å²) >= 11 is 6.27. The van der Waals surface area contributed by atoms with E-state index in [-0.39, 0.29) is 19.0 Å². The fraction of sp³-hybridized carbons (Fsp3) is 0.400. The van der Waals surface area contributed by atoms with Crippen molar-refractivity contribution in [1.82, 2.24) is 9.78 Å². The van der Waals surface area contributed by atoms with Crippen molar-refractivity contribution in [3.8, 4) is 0 Å². The molecule has 0 radical (unpaired) electrons. The van der Waals surface area contributed by atoms with Gasteiger partial charge in [-0.15, -0.1) is 0 Å². The highest BCUT2D eigenvalue weighted by atomic mass is 35.5. The summed E-state index contributed by atoms with van der Waals surface area (Å²) in [6.07, 6.45) is 0.389. The first-order chi connectivity index (χ1) is 9.93. The number of benzene rings is 1. The van der Waals surface area contributed by atoms with E-state index in [1.165, 1.54) is 12.1 Å². The van der Waals surface area contributed by atoms with Crippen LogP contribution in [-0.4, -0.2) is 28.0 Å². The van der Waals surface area contributed by atoms with Gasteiger partial charge in [-0.05, 0) is 24.6 Å². The van der Waals surface area contributed by atoms with Crippen molar-refractivity contribution in [2.45, 2.75) is 18.8 Å². The summed E-state index contributed by atoms with van der Waals surface area (Å²) < 4.78 is 15.2. The van der Waals surface area contributed by atoms with Crippen molar-refractivity contribution in [2.24, 2.45) is 12.8 Å².